The molecule has 0 bridgehead atoms. The lowest BCUT2D eigenvalue weighted by molar-refractivity contribution is -0.134. The van der Waals surface area contributed by atoms with Gasteiger partial charge in [0.05, 0.1) is 22.8 Å². The topological polar surface area (TPSA) is 82.5 Å². The number of nitrogens with one attached hydrogen (secondary N) is 2. The summed E-state index contributed by atoms with van der Waals surface area (Å²) in [5.74, 6) is -0.0276. The van der Waals surface area contributed by atoms with Crippen LogP contribution in [0.2, 0.25) is 0 Å². The van der Waals surface area contributed by atoms with Crippen LogP contribution in [0.3, 0.4) is 0 Å². The van der Waals surface area contributed by atoms with Gasteiger partial charge < -0.3 is 15.1 Å². The number of piperidine rings is 2. The van der Waals surface area contributed by atoms with Crippen molar-refractivity contribution in [1.29, 1.82) is 0 Å². The van der Waals surface area contributed by atoms with E-state index in [1.54, 1.807) is 0 Å². The van der Waals surface area contributed by atoms with E-state index in [2.05, 4.69) is 45.6 Å². The van der Waals surface area contributed by atoms with Gasteiger partial charge in [0, 0.05) is 64.2 Å². The number of aromatic nitrogens is 2. The molecule has 4 heterocycles. The maximum atomic E-state index is 12.5. The van der Waals surface area contributed by atoms with Crippen molar-refractivity contribution in [1.82, 2.24) is 25.3 Å². The van der Waals surface area contributed by atoms with Crippen LogP contribution in [0.1, 0.15) is 44.2 Å². The number of nitrogens with zero attached hydrogens (tertiary/aromatic N) is 4. The molecule has 0 radical (unpaired) electrons. The van der Waals surface area contributed by atoms with Crippen molar-refractivity contribution in [2.75, 3.05) is 44.2 Å². The van der Waals surface area contributed by atoms with Crippen LogP contribution in [0.5, 0.6) is 0 Å². The lowest BCUT2D eigenvalue weighted by Gasteiger charge is -2.38. The molecule has 8 nitrogen and oxygen atoms in total. The summed E-state index contributed by atoms with van der Waals surface area (Å²) in [6, 6.07) is 6.90. The van der Waals surface area contributed by atoms with Crippen LogP contribution in [-0.2, 0) is 16.6 Å². The number of anilines is 1. The van der Waals surface area contributed by atoms with Crippen LogP contribution in [0, 0.1) is 5.92 Å². The fourth-order valence-corrected chi connectivity index (χ4v) is 5.71. The van der Waals surface area contributed by atoms with E-state index in [1.165, 1.54) is 25.1 Å². The Morgan fingerprint density at radius 3 is 2.69 bits per heavy atom. The van der Waals surface area contributed by atoms with E-state index in [0.717, 1.165) is 55.2 Å². The Bertz CT molecular complexity index is 1010. The second-order valence-corrected chi connectivity index (χ2v) is 9.73. The Balaban J connectivity index is 1.32. The number of carbonyl (C=O) groups is 2. The molecule has 1 unspecified atom stereocenters. The van der Waals surface area contributed by atoms with Gasteiger partial charge >= 0.3 is 0 Å². The maximum absolute atomic E-state index is 12.5. The summed E-state index contributed by atoms with van der Waals surface area (Å²) in [5, 5.41) is 11.8. The number of benzene rings is 1. The fraction of sp³-hybridized carbons (Fsp3) is 0.625. The van der Waals surface area contributed by atoms with E-state index < -0.39 is 0 Å². The Labute approximate surface area is 189 Å². The van der Waals surface area contributed by atoms with Crippen molar-refractivity contribution in [3.63, 3.8) is 0 Å². The minimum atomic E-state index is -0.362. The van der Waals surface area contributed by atoms with Crippen molar-refractivity contribution in [2.24, 2.45) is 13.0 Å². The number of carbonyl (C=O) groups excluding carboxylic acids is 2. The highest BCUT2D eigenvalue weighted by molar-refractivity contribution is 6.03. The molecule has 0 aliphatic carbocycles. The average Bonchev–Trinajstić information content (AvgIpc) is 3.11. The Morgan fingerprint density at radius 1 is 1.12 bits per heavy atom. The van der Waals surface area contributed by atoms with Crippen molar-refractivity contribution < 1.29 is 9.59 Å². The van der Waals surface area contributed by atoms with E-state index in [9.17, 15) is 9.59 Å². The van der Waals surface area contributed by atoms with Gasteiger partial charge in [-0.1, -0.05) is 12.1 Å². The molecule has 1 aromatic heterocycles. The fourth-order valence-electron chi connectivity index (χ4n) is 5.71. The largest absolute Gasteiger partial charge is 0.370 e. The predicted octanol–water partition coefficient (Wildman–Crippen LogP) is 1.60. The third kappa shape index (κ3) is 4.13. The Morgan fingerprint density at radius 2 is 1.94 bits per heavy atom. The van der Waals surface area contributed by atoms with Crippen LogP contribution in [0.15, 0.2) is 18.2 Å². The molecule has 3 saturated heterocycles. The minimum Gasteiger partial charge on any atom is -0.370 e. The number of amides is 2. The summed E-state index contributed by atoms with van der Waals surface area (Å²) < 4.78 is 1.91. The van der Waals surface area contributed by atoms with Gasteiger partial charge in [0.2, 0.25) is 11.8 Å². The van der Waals surface area contributed by atoms with Gasteiger partial charge in [0.15, 0.2) is 0 Å². The summed E-state index contributed by atoms with van der Waals surface area (Å²) in [6.45, 7) is 8.97. The third-order valence-electron chi connectivity index (χ3n) is 7.37. The number of piperazine rings is 1. The van der Waals surface area contributed by atoms with Crippen molar-refractivity contribution in [3.05, 3.63) is 23.9 Å². The van der Waals surface area contributed by atoms with E-state index >= 15 is 0 Å². The highest BCUT2D eigenvalue weighted by Gasteiger charge is 2.32. The average molecular weight is 439 g/mol. The van der Waals surface area contributed by atoms with Gasteiger partial charge in [-0.15, -0.1) is 0 Å². The van der Waals surface area contributed by atoms with Crippen LogP contribution >= 0.6 is 0 Å². The molecule has 2 amide bonds. The number of aryl methyl sites for hydroxylation is 1. The number of imide groups is 1. The maximum Gasteiger partial charge on any atom is 0.235 e. The van der Waals surface area contributed by atoms with Gasteiger partial charge in [-0.3, -0.25) is 19.6 Å². The number of para-hydroxylation sites is 1. The van der Waals surface area contributed by atoms with Crippen LogP contribution in [0.4, 0.5) is 5.69 Å². The smallest absolute Gasteiger partial charge is 0.235 e. The van der Waals surface area contributed by atoms with E-state index in [4.69, 9.17) is 5.10 Å². The second kappa shape index (κ2) is 8.83. The minimum absolute atomic E-state index is 0.190. The van der Waals surface area contributed by atoms with Crippen molar-refractivity contribution in [3.8, 4) is 0 Å². The van der Waals surface area contributed by atoms with Crippen LogP contribution in [0.25, 0.3) is 10.9 Å². The zero-order valence-corrected chi connectivity index (χ0v) is 19.1. The quantitative estimate of drug-likeness (QED) is 0.706. The van der Waals surface area contributed by atoms with Crippen molar-refractivity contribution in [2.45, 2.75) is 44.6 Å². The summed E-state index contributed by atoms with van der Waals surface area (Å²) in [4.78, 5) is 29.1. The zero-order chi connectivity index (χ0) is 22.2. The first-order valence-corrected chi connectivity index (χ1v) is 12.0. The van der Waals surface area contributed by atoms with Crippen LogP contribution < -0.4 is 15.5 Å². The molecule has 3 aliphatic rings. The van der Waals surface area contributed by atoms with Gasteiger partial charge in [-0.05, 0) is 38.2 Å². The molecule has 3 aliphatic heterocycles. The van der Waals surface area contributed by atoms with E-state index in [1.807, 2.05) is 11.7 Å². The summed E-state index contributed by atoms with van der Waals surface area (Å²) in [7, 11) is 1.96. The predicted molar refractivity (Wildman–Crippen MR) is 125 cm³/mol. The second-order valence-electron chi connectivity index (χ2n) is 9.73. The highest BCUT2D eigenvalue weighted by atomic mass is 16.2. The SMILES string of the molecule is C[C@@H]1CN(CC2CCN(c3cccc4c(C5CCC(=O)NC5=O)nn(C)c34)CC2)CCN1. The van der Waals surface area contributed by atoms with E-state index in [-0.39, 0.29) is 17.7 Å². The lowest BCUT2D eigenvalue weighted by atomic mass is 9.92. The molecule has 172 valence electrons. The molecule has 2 atom stereocenters. The first-order valence-electron chi connectivity index (χ1n) is 12.0. The van der Waals surface area contributed by atoms with Gasteiger partial charge in [0.1, 0.15) is 0 Å². The van der Waals surface area contributed by atoms with E-state index in [0.29, 0.717) is 18.9 Å². The number of rotatable bonds is 4. The highest BCUT2D eigenvalue weighted by Crippen LogP contribution is 2.36. The molecule has 5 rings (SSSR count). The monoisotopic (exact) mass is 438 g/mol. The van der Waals surface area contributed by atoms with Crippen molar-refractivity contribution >= 4 is 28.4 Å². The first kappa shape index (κ1) is 21.4. The summed E-state index contributed by atoms with van der Waals surface area (Å²) >= 11 is 0. The zero-order valence-electron chi connectivity index (χ0n) is 19.1. The molecule has 32 heavy (non-hydrogen) atoms. The molecule has 8 heteroatoms. The molecule has 1 aromatic carbocycles. The Hall–Kier alpha value is -2.45. The van der Waals surface area contributed by atoms with Gasteiger partial charge in [0.25, 0.3) is 0 Å². The molecular weight excluding hydrogens is 404 g/mol. The summed E-state index contributed by atoms with van der Waals surface area (Å²) in [5.41, 5.74) is 3.07. The van der Waals surface area contributed by atoms with Gasteiger partial charge in [-0.25, -0.2) is 0 Å². The third-order valence-corrected chi connectivity index (χ3v) is 7.37. The molecule has 2 N–H and O–H groups in total. The standard InChI is InChI=1S/C24H34N6O2/c1-16-14-29(13-10-25-16)15-17-8-11-30(12-9-17)20-5-3-4-18-22(27-28(2)23(18)20)19-6-7-21(31)26-24(19)32/h3-5,16-17,19,25H,6-15H2,1-2H3,(H,26,31,32)/t16-,19?/m1/s1. The normalized spacial score (nSPS) is 26.0. The number of hydrogen-bond donors (Lipinski definition) is 2. The number of hydrogen-bond acceptors (Lipinski definition) is 6. The number of fused-ring (bicyclic) bond motifs is 1. The molecule has 0 spiro atoms. The summed E-state index contributed by atoms with van der Waals surface area (Å²) in [6.07, 6.45) is 3.30. The lowest BCUT2D eigenvalue weighted by Crippen LogP contribution is -2.51. The molecule has 0 saturated carbocycles. The van der Waals surface area contributed by atoms with Gasteiger partial charge in [-0.2, -0.15) is 5.10 Å². The molecular formula is C24H34N6O2. The molecule has 2 aromatic rings. The molecule has 3 fully saturated rings. The first-order chi connectivity index (χ1) is 15.5. The van der Waals surface area contributed by atoms with Crippen LogP contribution in [-0.4, -0.2) is 71.8 Å². The Kier molecular flexibility index (Phi) is 5.90.